The van der Waals surface area contributed by atoms with Crippen molar-refractivity contribution in [1.29, 1.82) is 0 Å². The van der Waals surface area contributed by atoms with E-state index in [1.54, 1.807) is 5.56 Å². The number of likely N-dealkylation sites (tertiary alicyclic amines) is 1. The first-order valence-electron chi connectivity index (χ1n) is 8.34. The van der Waals surface area contributed by atoms with Crippen LogP contribution in [0.4, 0.5) is 0 Å². The molecule has 1 N–H and O–H groups in total. The van der Waals surface area contributed by atoms with Crippen LogP contribution < -0.4 is 5.32 Å². The number of nitrogens with zero attached hydrogens (tertiary/aromatic N) is 1. The maximum Gasteiger partial charge on any atom is 0.0209 e. The third kappa shape index (κ3) is 2.64. The van der Waals surface area contributed by atoms with E-state index in [0.717, 1.165) is 24.0 Å². The van der Waals surface area contributed by atoms with E-state index in [4.69, 9.17) is 0 Å². The van der Waals surface area contributed by atoms with E-state index in [9.17, 15) is 0 Å². The van der Waals surface area contributed by atoms with Crippen LogP contribution in [-0.4, -0.2) is 36.1 Å². The molecule has 20 heavy (non-hydrogen) atoms. The Morgan fingerprint density at radius 1 is 1.10 bits per heavy atom. The number of benzene rings is 1. The highest BCUT2D eigenvalue weighted by Gasteiger charge is 2.37. The Balaban J connectivity index is 1.25. The number of aryl methyl sites for hydroxylation is 1. The third-order valence-corrected chi connectivity index (χ3v) is 5.41. The molecule has 1 aliphatic heterocycles. The van der Waals surface area contributed by atoms with Gasteiger partial charge in [-0.25, -0.2) is 0 Å². The lowest BCUT2D eigenvalue weighted by Crippen LogP contribution is -2.46. The molecule has 2 saturated carbocycles. The highest BCUT2D eigenvalue weighted by Crippen LogP contribution is 2.38. The average Bonchev–Trinajstić information content (AvgIpc) is 3.13. The molecule has 108 valence electrons. The second-order valence-corrected chi connectivity index (χ2v) is 7.16. The predicted octanol–water partition coefficient (Wildman–Crippen LogP) is 3.07. The highest BCUT2D eigenvalue weighted by atomic mass is 15.2. The van der Waals surface area contributed by atoms with Crippen LogP contribution in [0.5, 0.6) is 0 Å². The summed E-state index contributed by atoms with van der Waals surface area (Å²) in [5.41, 5.74) is 2.95. The molecule has 1 saturated heterocycles. The van der Waals surface area contributed by atoms with Gasteiger partial charge in [-0.2, -0.15) is 0 Å². The molecule has 0 radical (unpaired) electrons. The predicted molar refractivity (Wildman–Crippen MR) is 83.1 cm³/mol. The Morgan fingerprint density at radius 2 is 1.95 bits per heavy atom. The summed E-state index contributed by atoms with van der Waals surface area (Å²) < 4.78 is 0. The molecule has 2 nitrogen and oxygen atoms in total. The zero-order valence-electron chi connectivity index (χ0n) is 12.5. The van der Waals surface area contributed by atoms with Gasteiger partial charge in [-0.3, -0.25) is 4.90 Å². The Kier molecular flexibility index (Phi) is 3.31. The first-order chi connectivity index (χ1) is 9.78. The van der Waals surface area contributed by atoms with Crippen LogP contribution >= 0.6 is 0 Å². The standard InChI is InChI=1S/C18H26N2/c1-13-3-2-4-14(9-13)15-10-17(11-15)19-16-7-8-20(12-16)18-5-6-18/h2-4,9,15-19H,5-8,10-12H2,1H3. The van der Waals surface area contributed by atoms with E-state index in [-0.39, 0.29) is 0 Å². The molecule has 1 aromatic rings. The number of hydrogen-bond donors (Lipinski definition) is 1. The number of nitrogens with one attached hydrogen (secondary N) is 1. The maximum absolute atomic E-state index is 3.90. The van der Waals surface area contributed by atoms with Gasteiger partial charge in [0.15, 0.2) is 0 Å². The molecule has 2 aliphatic carbocycles. The van der Waals surface area contributed by atoms with E-state index in [1.807, 2.05) is 0 Å². The van der Waals surface area contributed by atoms with E-state index < -0.39 is 0 Å². The normalized spacial score (nSPS) is 34.1. The quantitative estimate of drug-likeness (QED) is 0.904. The third-order valence-electron chi connectivity index (χ3n) is 5.41. The largest absolute Gasteiger partial charge is 0.310 e. The fourth-order valence-electron chi connectivity index (χ4n) is 3.98. The summed E-state index contributed by atoms with van der Waals surface area (Å²) in [5.74, 6) is 0.799. The molecule has 3 aliphatic rings. The molecule has 0 aromatic heterocycles. The molecule has 1 heterocycles. The average molecular weight is 270 g/mol. The zero-order valence-corrected chi connectivity index (χ0v) is 12.5. The van der Waals surface area contributed by atoms with Crippen molar-refractivity contribution in [3.63, 3.8) is 0 Å². The monoisotopic (exact) mass is 270 g/mol. The van der Waals surface area contributed by atoms with Gasteiger partial charge < -0.3 is 5.32 Å². The first kappa shape index (κ1) is 12.8. The molecule has 4 rings (SSSR count). The van der Waals surface area contributed by atoms with Gasteiger partial charge in [0.25, 0.3) is 0 Å². The Labute approximate surface area is 122 Å². The summed E-state index contributed by atoms with van der Waals surface area (Å²) in [5, 5.41) is 3.90. The maximum atomic E-state index is 3.90. The fourth-order valence-corrected chi connectivity index (χ4v) is 3.98. The zero-order chi connectivity index (χ0) is 13.5. The van der Waals surface area contributed by atoms with Gasteiger partial charge in [-0.1, -0.05) is 29.8 Å². The topological polar surface area (TPSA) is 15.3 Å². The van der Waals surface area contributed by atoms with Gasteiger partial charge in [0.2, 0.25) is 0 Å². The number of rotatable bonds is 4. The molecule has 3 fully saturated rings. The van der Waals surface area contributed by atoms with Crippen LogP contribution in [0.2, 0.25) is 0 Å². The lowest BCUT2D eigenvalue weighted by Gasteiger charge is -2.38. The van der Waals surface area contributed by atoms with Crippen molar-refractivity contribution in [3.05, 3.63) is 35.4 Å². The van der Waals surface area contributed by atoms with Gasteiger partial charge in [-0.15, -0.1) is 0 Å². The lowest BCUT2D eigenvalue weighted by molar-refractivity contribution is 0.255. The van der Waals surface area contributed by atoms with Crippen molar-refractivity contribution < 1.29 is 0 Å². The van der Waals surface area contributed by atoms with Crippen LogP contribution in [0.3, 0.4) is 0 Å². The van der Waals surface area contributed by atoms with Crippen molar-refractivity contribution >= 4 is 0 Å². The summed E-state index contributed by atoms with van der Waals surface area (Å²) in [6.07, 6.45) is 6.94. The minimum absolute atomic E-state index is 0.763. The summed E-state index contributed by atoms with van der Waals surface area (Å²) in [7, 11) is 0. The molecule has 1 unspecified atom stereocenters. The minimum Gasteiger partial charge on any atom is -0.310 e. The van der Waals surface area contributed by atoms with E-state index in [1.165, 1.54) is 50.8 Å². The molecule has 0 spiro atoms. The summed E-state index contributed by atoms with van der Waals surface area (Å²) in [6, 6.07) is 11.6. The van der Waals surface area contributed by atoms with Gasteiger partial charge in [0, 0.05) is 31.2 Å². The van der Waals surface area contributed by atoms with Gasteiger partial charge in [-0.05, 0) is 50.5 Å². The lowest BCUT2D eigenvalue weighted by atomic mass is 9.75. The Hall–Kier alpha value is -0.860. The first-order valence-corrected chi connectivity index (χ1v) is 8.34. The molecule has 1 aromatic carbocycles. The van der Waals surface area contributed by atoms with Crippen LogP contribution in [-0.2, 0) is 0 Å². The summed E-state index contributed by atoms with van der Waals surface area (Å²) in [4.78, 5) is 2.70. The van der Waals surface area contributed by atoms with E-state index >= 15 is 0 Å². The van der Waals surface area contributed by atoms with Gasteiger partial charge in [0.05, 0.1) is 0 Å². The second kappa shape index (κ2) is 5.16. The van der Waals surface area contributed by atoms with Crippen LogP contribution in [0.1, 0.15) is 49.1 Å². The summed E-state index contributed by atoms with van der Waals surface area (Å²) in [6.45, 7) is 4.83. The molecule has 1 atom stereocenters. The Morgan fingerprint density at radius 3 is 2.70 bits per heavy atom. The van der Waals surface area contributed by atoms with Crippen molar-refractivity contribution in [2.45, 2.75) is 63.1 Å². The smallest absolute Gasteiger partial charge is 0.0209 e. The fraction of sp³-hybridized carbons (Fsp3) is 0.667. The van der Waals surface area contributed by atoms with Crippen LogP contribution in [0.15, 0.2) is 24.3 Å². The molecule has 0 bridgehead atoms. The Bertz CT molecular complexity index is 474. The van der Waals surface area contributed by atoms with E-state index in [0.29, 0.717) is 0 Å². The summed E-state index contributed by atoms with van der Waals surface area (Å²) >= 11 is 0. The number of hydrogen-bond acceptors (Lipinski definition) is 2. The van der Waals surface area contributed by atoms with Gasteiger partial charge >= 0.3 is 0 Å². The van der Waals surface area contributed by atoms with Crippen molar-refractivity contribution in [3.8, 4) is 0 Å². The second-order valence-electron chi connectivity index (χ2n) is 7.16. The van der Waals surface area contributed by atoms with Crippen molar-refractivity contribution in [2.24, 2.45) is 0 Å². The molecular weight excluding hydrogens is 244 g/mol. The van der Waals surface area contributed by atoms with Gasteiger partial charge in [0.1, 0.15) is 0 Å². The molecule has 0 amide bonds. The van der Waals surface area contributed by atoms with E-state index in [2.05, 4.69) is 41.4 Å². The highest BCUT2D eigenvalue weighted by molar-refractivity contribution is 5.27. The molecular formula is C18H26N2. The van der Waals surface area contributed by atoms with Crippen molar-refractivity contribution in [2.75, 3.05) is 13.1 Å². The van der Waals surface area contributed by atoms with Crippen LogP contribution in [0.25, 0.3) is 0 Å². The molecule has 2 heteroatoms. The van der Waals surface area contributed by atoms with Crippen LogP contribution in [0, 0.1) is 6.92 Å². The SMILES string of the molecule is Cc1cccc(C2CC(NC3CCN(C4CC4)C3)C2)c1. The van der Waals surface area contributed by atoms with Crippen molar-refractivity contribution in [1.82, 2.24) is 10.2 Å². The minimum atomic E-state index is 0.763.